The third kappa shape index (κ3) is 4.26. The summed E-state index contributed by atoms with van der Waals surface area (Å²) in [6, 6.07) is 13.1. The van der Waals surface area contributed by atoms with Gasteiger partial charge in [-0.05, 0) is 35.6 Å². The molecule has 0 amide bonds. The van der Waals surface area contributed by atoms with Crippen molar-refractivity contribution >= 4 is 36.9 Å². The molecule has 0 saturated carbocycles. The number of sulfone groups is 1. The van der Waals surface area contributed by atoms with Crippen molar-refractivity contribution in [3.05, 3.63) is 52.9 Å². The fourth-order valence-electron chi connectivity index (χ4n) is 2.86. The SMILES string of the molecule is CCc1c(C#CCNc2ccc(S(C)(=O)=O)cc2OC)sc2ccccc12. The van der Waals surface area contributed by atoms with E-state index in [1.54, 1.807) is 23.5 Å². The zero-order chi connectivity index (χ0) is 19.4. The van der Waals surface area contributed by atoms with Crippen molar-refractivity contribution in [1.29, 1.82) is 0 Å². The molecule has 0 radical (unpaired) electrons. The first kappa shape index (κ1) is 19.3. The van der Waals surface area contributed by atoms with Gasteiger partial charge in [0.1, 0.15) is 5.75 Å². The van der Waals surface area contributed by atoms with Crippen LogP contribution in [0, 0.1) is 11.8 Å². The van der Waals surface area contributed by atoms with Gasteiger partial charge in [-0.2, -0.15) is 0 Å². The predicted octanol–water partition coefficient (Wildman–Crippen LogP) is 4.34. The highest BCUT2D eigenvalue weighted by atomic mass is 32.2. The van der Waals surface area contributed by atoms with Crippen molar-refractivity contribution in [3.8, 4) is 17.6 Å². The van der Waals surface area contributed by atoms with Crippen molar-refractivity contribution in [2.45, 2.75) is 18.2 Å². The molecule has 3 rings (SSSR count). The Hall–Kier alpha value is -2.49. The molecule has 1 heterocycles. The molecule has 0 fully saturated rings. The third-order valence-corrected chi connectivity index (χ3v) is 6.46. The minimum Gasteiger partial charge on any atom is -0.495 e. The number of methoxy groups -OCH3 is 1. The van der Waals surface area contributed by atoms with E-state index >= 15 is 0 Å². The minimum atomic E-state index is -3.27. The highest BCUT2D eigenvalue weighted by Crippen LogP contribution is 2.31. The topological polar surface area (TPSA) is 55.4 Å². The highest BCUT2D eigenvalue weighted by Gasteiger charge is 2.11. The monoisotopic (exact) mass is 399 g/mol. The van der Waals surface area contributed by atoms with Crippen LogP contribution in [0.25, 0.3) is 10.1 Å². The Morgan fingerprint density at radius 1 is 1.19 bits per heavy atom. The minimum absolute atomic E-state index is 0.230. The van der Waals surface area contributed by atoms with Gasteiger partial charge in [0.05, 0.1) is 29.1 Å². The van der Waals surface area contributed by atoms with Gasteiger partial charge in [-0.1, -0.05) is 37.0 Å². The number of thiophene rings is 1. The lowest BCUT2D eigenvalue weighted by Gasteiger charge is -2.10. The Bertz CT molecular complexity index is 1140. The van der Waals surface area contributed by atoms with Gasteiger partial charge in [0.15, 0.2) is 9.84 Å². The van der Waals surface area contributed by atoms with Gasteiger partial charge in [-0.3, -0.25) is 0 Å². The summed E-state index contributed by atoms with van der Waals surface area (Å²) >= 11 is 1.71. The molecule has 0 saturated heterocycles. The molecule has 4 nitrogen and oxygen atoms in total. The van der Waals surface area contributed by atoms with E-state index in [2.05, 4.69) is 42.3 Å². The number of aryl methyl sites for hydroxylation is 1. The summed E-state index contributed by atoms with van der Waals surface area (Å²) in [5.41, 5.74) is 2.00. The van der Waals surface area contributed by atoms with Crippen LogP contribution in [0.5, 0.6) is 5.75 Å². The summed E-state index contributed by atoms with van der Waals surface area (Å²) in [5.74, 6) is 6.91. The van der Waals surface area contributed by atoms with Crippen LogP contribution >= 0.6 is 11.3 Å². The molecule has 0 aliphatic carbocycles. The normalized spacial score (nSPS) is 11.1. The molecule has 3 aromatic rings. The third-order valence-electron chi connectivity index (χ3n) is 4.22. The lowest BCUT2D eigenvalue weighted by Crippen LogP contribution is -2.03. The molecular weight excluding hydrogens is 378 g/mol. The van der Waals surface area contributed by atoms with Gasteiger partial charge in [0, 0.05) is 17.0 Å². The van der Waals surface area contributed by atoms with Gasteiger partial charge in [-0.25, -0.2) is 8.42 Å². The van der Waals surface area contributed by atoms with Gasteiger partial charge in [0.2, 0.25) is 0 Å². The number of fused-ring (bicyclic) bond motifs is 1. The first-order valence-electron chi connectivity index (χ1n) is 8.55. The molecule has 0 unspecified atom stereocenters. The summed E-state index contributed by atoms with van der Waals surface area (Å²) in [7, 11) is -1.75. The van der Waals surface area contributed by atoms with E-state index in [1.807, 2.05) is 6.07 Å². The average molecular weight is 400 g/mol. The quantitative estimate of drug-likeness (QED) is 0.649. The lowest BCUT2D eigenvalue weighted by molar-refractivity contribution is 0.415. The molecule has 0 bridgehead atoms. The molecule has 140 valence electrons. The van der Waals surface area contributed by atoms with E-state index in [-0.39, 0.29) is 4.90 Å². The molecule has 0 atom stereocenters. The molecule has 2 aromatic carbocycles. The zero-order valence-electron chi connectivity index (χ0n) is 15.5. The van der Waals surface area contributed by atoms with E-state index in [9.17, 15) is 8.42 Å². The number of hydrogen-bond acceptors (Lipinski definition) is 5. The summed E-state index contributed by atoms with van der Waals surface area (Å²) in [5, 5.41) is 4.47. The number of benzene rings is 2. The molecule has 0 aliphatic heterocycles. The Morgan fingerprint density at radius 3 is 2.67 bits per heavy atom. The number of ether oxygens (including phenoxy) is 1. The van der Waals surface area contributed by atoms with Crippen molar-refractivity contribution in [2.24, 2.45) is 0 Å². The van der Waals surface area contributed by atoms with Crippen molar-refractivity contribution in [3.63, 3.8) is 0 Å². The van der Waals surface area contributed by atoms with Crippen LogP contribution in [0.3, 0.4) is 0 Å². The van der Waals surface area contributed by atoms with E-state index < -0.39 is 9.84 Å². The maximum atomic E-state index is 11.7. The molecule has 1 aromatic heterocycles. The fraction of sp³-hybridized carbons (Fsp3) is 0.238. The van der Waals surface area contributed by atoms with Crippen molar-refractivity contribution in [1.82, 2.24) is 0 Å². The number of nitrogens with one attached hydrogen (secondary N) is 1. The predicted molar refractivity (Wildman–Crippen MR) is 113 cm³/mol. The van der Waals surface area contributed by atoms with Gasteiger partial charge in [-0.15, -0.1) is 11.3 Å². The molecule has 1 N–H and O–H groups in total. The van der Waals surface area contributed by atoms with Crippen molar-refractivity contribution in [2.75, 3.05) is 25.2 Å². The molecule has 0 aliphatic rings. The fourth-order valence-corrected chi connectivity index (χ4v) is 4.67. The van der Waals surface area contributed by atoms with Crippen LogP contribution in [0.4, 0.5) is 5.69 Å². The Morgan fingerprint density at radius 2 is 1.96 bits per heavy atom. The van der Waals surface area contributed by atoms with E-state index in [1.165, 1.54) is 35.1 Å². The molecular formula is C21H21NO3S2. The largest absolute Gasteiger partial charge is 0.495 e. The van der Waals surface area contributed by atoms with Gasteiger partial charge >= 0.3 is 0 Å². The zero-order valence-corrected chi connectivity index (χ0v) is 17.1. The number of hydrogen-bond donors (Lipinski definition) is 1. The summed E-state index contributed by atoms with van der Waals surface area (Å²) in [6.07, 6.45) is 2.12. The number of anilines is 1. The average Bonchev–Trinajstić information content (AvgIpc) is 3.01. The molecule has 27 heavy (non-hydrogen) atoms. The van der Waals surface area contributed by atoms with E-state index in [0.29, 0.717) is 18.0 Å². The summed E-state index contributed by atoms with van der Waals surface area (Å²) in [4.78, 5) is 1.33. The maximum absolute atomic E-state index is 11.7. The van der Waals surface area contributed by atoms with Gasteiger partial charge in [0.25, 0.3) is 0 Å². The smallest absolute Gasteiger partial charge is 0.175 e. The first-order valence-corrected chi connectivity index (χ1v) is 11.3. The van der Waals surface area contributed by atoms with Crippen LogP contribution < -0.4 is 10.1 Å². The second-order valence-corrected chi connectivity index (χ2v) is 9.12. The number of rotatable bonds is 5. The maximum Gasteiger partial charge on any atom is 0.175 e. The summed E-state index contributed by atoms with van der Waals surface area (Å²) in [6.45, 7) is 2.58. The first-order chi connectivity index (χ1) is 12.9. The highest BCUT2D eigenvalue weighted by molar-refractivity contribution is 7.90. The van der Waals surface area contributed by atoms with Crippen LogP contribution in [0.1, 0.15) is 17.4 Å². The van der Waals surface area contributed by atoms with Crippen LogP contribution in [-0.4, -0.2) is 28.3 Å². The Balaban J connectivity index is 1.78. The Kier molecular flexibility index (Phi) is 5.73. The van der Waals surface area contributed by atoms with Crippen LogP contribution in [0.2, 0.25) is 0 Å². The van der Waals surface area contributed by atoms with E-state index in [0.717, 1.165) is 11.3 Å². The van der Waals surface area contributed by atoms with Crippen molar-refractivity contribution < 1.29 is 13.2 Å². The van der Waals surface area contributed by atoms with E-state index in [4.69, 9.17) is 4.74 Å². The van der Waals surface area contributed by atoms with Crippen LogP contribution in [-0.2, 0) is 16.3 Å². The second kappa shape index (κ2) is 8.03. The molecule has 6 heteroatoms. The standard InChI is InChI=1S/C21H21NO3S2/c1-4-16-17-8-5-6-9-21(17)26-20(16)10-7-13-22-18-12-11-15(27(3,23)24)14-19(18)25-2/h5-6,8-9,11-12,14,22H,4,13H2,1-3H3. The second-order valence-electron chi connectivity index (χ2n) is 6.05. The molecule has 0 spiro atoms. The van der Waals surface area contributed by atoms with Crippen LogP contribution in [0.15, 0.2) is 47.4 Å². The lowest BCUT2D eigenvalue weighted by atomic mass is 10.1. The Labute approximate surface area is 164 Å². The van der Waals surface area contributed by atoms with Gasteiger partial charge < -0.3 is 10.1 Å². The summed E-state index contributed by atoms with van der Waals surface area (Å²) < 4.78 is 29.9.